The lowest BCUT2D eigenvalue weighted by atomic mass is 10.2. The van der Waals surface area contributed by atoms with Gasteiger partial charge in [0.1, 0.15) is 18.0 Å². The van der Waals surface area contributed by atoms with E-state index in [-0.39, 0.29) is 5.78 Å². The van der Waals surface area contributed by atoms with Crippen LogP contribution in [0, 0.1) is 5.41 Å². The molecule has 56 valence electrons. The van der Waals surface area contributed by atoms with E-state index in [0.717, 1.165) is 6.34 Å². The highest BCUT2D eigenvalue weighted by Gasteiger charge is 1.94. The molecule has 0 heterocycles. The Kier molecular flexibility index (Phi) is 4.11. The molecule has 0 aliphatic heterocycles. The van der Waals surface area contributed by atoms with Gasteiger partial charge in [0.25, 0.3) is 0 Å². The zero-order chi connectivity index (χ0) is 7.98. The Balaban J connectivity index is 3.58. The first-order valence-corrected chi connectivity index (χ1v) is 2.97. The lowest BCUT2D eigenvalue weighted by Gasteiger charge is -1.93. The number of Topliss-reactive ketones (excluding diaryl/α,β-unsaturated/α-hetero) is 1. The van der Waals surface area contributed by atoms with Crippen LogP contribution in [-0.2, 0) is 4.79 Å². The molecule has 0 fully saturated rings. The number of hydrogen-bond donors (Lipinski definition) is 2. The van der Waals surface area contributed by atoms with Crippen molar-refractivity contribution in [3.63, 3.8) is 0 Å². The summed E-state index contributed by atoms with van der Waals surface area (Å²) in [5.41, 5.74) is 5.28. The van der Waals surface area contributed by atoms with Crippen molar-refractivity contribution in [2.24, 2.45) is 10.7 Å². The molecule has 0 amide bonds. The average molecular weight is 141 g/mol. The zero-order valence-corrected chi connectivity index (χ0v) is 5.92. The number of nitrogens with two attached hydrogens (primary N) is 1. The molecular formula is C6H11N3O. The molecule has 3 N–H and O–H groups in total. The Morgan fingerprint density at radius 3 is 2.70 bits per heavy atom. The molecule has 0 spiro atoms. The van der Waals surface area contributed by atoms with Crippen molar-refractivity contribution in [1.82, 2.24) is 0 Å². The van der Waals surface area contributed by atoms with Crippen molar-refractivity contribution in [1.29, 1.82) is 5.41 Å². The SMILES string of the molecule is CC(=O)CCC(N)=NC=N. The van der Waals surface area contributed by atoms with Gasteiger partial charge in [-0.25, -0.2) is 4.99 Å². The maximum atomic E-state index is 10.4. The van der Waals surface area contributed by atoms with Crippen LogP contribution in [0.1, 0.15) is 19.8 Å². The Morgan fingerprint density at radius 2 is 2.30 bits per heavy atom. The maximum Gasteiger partial charge on any atom is 0.130 e. The zero-order valence-electron chi connectivity index (χ0n) is 5.92. The molecule has 0 saturated carbocycles. The second-order valence-electron chi connectivity index (χ2n) is 1.95. The average Bonchev–Trinajstić information content (AvgIpc) is 1.85. The quantitative estimate of drug-likeness (QED) is 0.436. The van der Waals surface area contributed by atoms with Gasteiger partial charge >= 0.3 is 0 Å². The first-order chi connectivity index (χ1) is 4.66. The second-order valence-corrected chi connectivity index (χ2v) is 1.95. The van der Waals surface area contributed by atoms with Crippen LogP contribution >= 0.6 is 0 Å². The van der Waals surface area contributed by atoms with E-state index in [1.54, 1.807) is 0 Å². The molecule has 0 aromatic heterocycles. The summed E-state index contributed by atoms with van der Waals surface area (Å²) < 4.78 is 0. The standard InChI is InChI=1S/C6H11N3O/c1-5(10)2-3-6(8)9-4-7/h4H,2-3H2,1H3,(H3,7,8,9). The lowest BCUT2D eigenvalue weighted by Crippen LogP contribution is -2.12. The third-order valence-corrected chi connectivity index (χ3v) is 0.964. The summed E-state index contributed by atoms with van der Waals surface area (Å²) in [5, 5.41) is 6.54. The van der Waals surface area contributed by atoms with E-state index < -0.39 is 0 Å². The highest BCUT2D eigenvalue weighted by Crippen LogP contribution is 1.88. The minimum Gasteiger partial charge on any atom is -0.387 e. The van der Waals surface area contributed by atoms with E-state index in [2.05, 4.69) is 4.99 Å². The summed E-state index contributed by atoms with van der Waals surface area (Å²) >= 11 is 0. The van der Waals surface area contributed by atoms with Crippen molar-refractivity contribution >= 4 is 18.0 Å². The number of carbonyl (C=O) groups is 1. The Hall–Kier alpha value is -1.19. The molecule has 0 aliphatic carbocycles. The predicted octanol–water partition coefficient (Wildman–Crippen LogP) is 0.320. The number of nitrogens with zero attached hydrogens (tertiary/aromatic N) is 1. The fourth-order valence-corrected chi connectivity index (χ4v) is 0.452. The predicted molar refractivity (Wildman–Crippen MR) is 40.3 cm³/mol. The van der Waals surface area contributed by atoms with E-state index in [1.807, 2.05) is 0 Å². The summed E-state index contributed by atoms with van der Waals surface area (Å²) in [5.74, 6) is 0.424. The number of nitrogens with one attached hydrogen (secondary N) is 1. The smallest absolute Gasteiger partial charge is 0.130 e. The topological polar surface area (TPSA) is 79.3 Å². The lowest BCUT2D eigenvalue weighted by molar-refractivity contribution is -0.116. The van der Waals surface area contributed by atoms with E-state index in [0.29, 0.717) is 18.7 Å². The molecule has 0 aromatic carbocycles. The number of rotatable bonds is 4. The summed E-state index contributed by atoms with van der Waals surface area (Å²) in [7, 11) is 0. The van der Waals surface area contributed by atoms with Gasteiger partial charge < -0.3 is 10.5 Å². The van der Waals surface area contributed by atoms with Crippen molar-refractivity contribution in [2.75, 3.05) is 0 Å². The molecule has 0 rings (SSSR count). The van der Waals surface area contributed by atoms with Gasteiger partial charge in [0.15, 0.2) is 0 Å². The van der Waals surface area contributed by atoms with Crippen LogP contribution in [0.25, 0.3) is 0 Å². The van der Waals surface area contributed by atoms with Crippen LogP contribution < -0.4 is 5.73 Å². The first-order valence-electron chi connectivity index (χ1n) is 2.97. The van der Waals surface area contributed by atoms with Crippen LogP contribution in [0.3, 0.4) is 0 Å². The third-order valence-electron chi connectivity index (χ3n) is 0.964. The number of hydrogen-bond acceptors (Lipinski definition) is 2. The molecule has 10 heavy (non-hydrogen) atoms. The van der Waals surface area contributed by atoms with Crippen LogP contribution in [0.5, 0.6) is 0 Å². The Labute approximate surface area is 59.6 Å². The molecule has 4 nitrogen and oxygen atoms in total. The minimum absolute atomic E-state index is 0.0862. The van der Waals surface area contributed by atoms with Crippen molar-refractivity contribution in [3.05, 3.63) is 0 Å². The minimum atomic E-state index is 0.0862. The summed E-state index contributed by atoms with van der Waals surface area (Å²) in [6.45, 7) is 1.50. The normalized spacial score (nSPS) is 11.1. The van der Waals surface area contributed by atoms with Gasteiger partial charge in [0, 0.05) is 12.8 Å². The van der Waals surface area contributed by atoms with Gasteiger partial charge in [-0.3, -0.25) is 5.41 Å². The van der Waals surface area contributed by atoms with E-state index in [1.165, 1.54) is 6.92 Å². The Bertz CT molecular complexity index is 162. The molecule has 0 atom stereocenters. The molecule has 0 bridgehead atoms. The number of carbonyl (C=O) groups excluding carboxylic acids is 1. The summed E-state index contributed by atoms with van der Waals surface area (Å²) in [6, 6.07) is 0. The second kappa shape index (κ2) is 4.67. The molecular weight excluding hydrogens is 130 g/mol. The van der Waals surface area contributed by atoms with E-state index >= 15 is 0 Å². The van der Waals surface area contributed by atoms with Gasteiger partial charge in [0.2, 0.25) is 0 Å². The van der Waals surface area contributed by atoms with Crippen LogP contribution in [0.15, 0.2) is 4.99 Å². The van der Waals surface area contributed by atoms with Gasteiger partial charge in [0.05, 0.1) is 0 Å². The Morgan fingerprint density at radius 1 is 1.70 bits per heavy atom. The van der Waals surface area contributed by atoms with Crippen LogP contribution in [0.4, 0.5) is 0 Å². The molecule has 0 aliphatic rings. The van der Waals surface area contributed by atoms with Gasteiger partial charge in [-0.05, 0) is 6.92 Å². The number of aliphatic imine (C=N–C) groups is 1. The van der Waals surface area contributed by atoms with Crippen LogP contribution in [0.2, 0.25) is 0 Å². The van der Waals surface area contributed by atoms with Gasteiger partial charge in [-0.15, -0.1) is 0 Å². The summed E-state index contributed by atoms with van der Waals surface area (Å²) in [4.78, 5) is 13.9. The fourth-order valence-electron chi connectivity index (χ4n) is 0.452. The third kappa shape index (κ3) is 4.96. The molecule has 0 saturated heterocycles. The largest absolute Gasteiger partial charge is 0.387 e. The first kappa shape index (κ1) is 8.81. The van der Waals surface area contributed by atoms with Crippen molar-refractivity contribution in [2.45, 2.75) is 19.8 Å². The van der Waals surface area contributed by atoms with E-state index in [4.69, 9.17) is 11.1 Å². The van der Waals surface area contributed by atoms with Gasteiger partial charge in [-0.2, -0.15) is 0 Å². The molecule has 0 aromatic rings. The monoisotopic (exact) mass is 141 g/mol. The summed E-state index contributed by atoms with van der Waals surface area (Å²) in [6.07, 6.45) is 1.73. The number of ketones is 1. The maximum absolute atomic E-state index is 10.4. The van der Waals surface area contributed by atoms with Gasteiger partial charge in [-0.1, -0.05) is 0 Å². The highest BCUT2D eigenvalue weighted by atomic mass is 16.1. The van der Waals surface area contributed by atoms with E-state index in [9.17, 15) is 4.79 Å². The van der Waals surface area contributed by atoms with Crippen LogP contribution in [-0.4, -0.2) is 18.0 Å². The highest BCUT2D eigenvalue weighted by molar-refractivity contribution is 5.89. The molecule has 4 heteroatoms. The molecule has 0 radical (unpaired) electrons. The molecule has 0 unspecified atom stereocenters. The van der Waals surface area contributed by atoms with Crippen molar-refractivity contribution in [3.8, 4) is 0 Å². The number of amidine groups is 1. The van der Waals surface area contributed by atoms with Crippen molar-refractivity contribution < 1.29 is 4.79 Å². The fraction of sp³-hybridized carbons (Fsp3) is 0.500.